The summed E-state index contributed by atoms with van der Waals surface area (Å²) in [7, 11) is 0. The summed E-state index contributed by atoms with van der Waals surface area (Å²) in [6.07, 6.45) is 1.63. The summed E-state index contributed by atoms with van der Waals surface area (Å²) in [5.41, 5.74) is 10.3. The first-order valence-corrected chi connectivity index (χ1v) is 11.6. The highest BCUT2D eigenvalue weighted by atomic mass is 16.2. The average Bonchev–Trinajstić information content (AvgIpc) is 3.20. The number of carbonyl (C=O) groups is 1. The molecule has 0 saturated carbocycles. The first-order chi connectivity index (χ1) is 15.4. The number of amides is 1. The Morgan fingerprint density at radius 2 is 1.31 bits per heavy atom. The van der Waals surface area contributed by atoms with Crippen molar-refractivity contribution >= 4 is 11.6 Å². The van der Waals surface area contributed by atoms with E-state index in [2.05, 4.69) is 93.3 Å². The highest BCUT2D eigenvalue weighted by Gasteiger charge is 2.21. The summed E-state index contributed by atoms with van der Waals surface area (Å²) in [4.78, 5) is 16.5. The second-order valence-electron chi connectivity index (χ2n) is 9.32. The fourth-order valence-electron chi connectivity index (χ4n) is 4.55. The van der Waals surface area contributed by atoms with E-state index in [1.807, 2.05) is 4.90 Å². The molecule has 0 aliphatic carbocycles. The normalized spacial score (nSPS) is 13.9. The Hall–Kier alpha value is -2.91. The molecule has 0 N–H and O–H groups in total. The van der Waals surface area contributed by atoms with Crippen LogP contribution in [0.15, 0.2) is 60.7 Å². The highest BCUT2D eigenvalue weighted by Crippen LogP contribution is 2.24. The number of hydrogen-bond donors (Lipinski definition) is 0. The predicted molar refractivity (Wildman–Crippen MR) is 133 cm³/mol. The molecule has 3 aromatic carbocycles. The molecule has 0 spiro atoms. The van der Waals surface area contributed by atoms with Gasteiger partial charge in [0.15, 0.2) is 0 Å². The first-order valence-electron chi connectivity index (χ1n) is 11.6. The molecule has 1 aliphatic heterocycles. The van der Waals surface area contributed by atoms with E-state index < -0.39 is 0 Å². The van der Waals surface area contributed by atoms with Crippen LogP contribution in [0.5, 0.6) is 0 Å². The van der Waals surface area contributed by atoms with Crippen LogP contribution in [0.2, 0.25) is 0 Å². The number of rotatable bonds is 7. The van der Waals surface area contributed by atoms with E-state index in [1.54, 1.807) is 0 Å². The Morgan fingerprint density at radius 1 is 0.750 bits per heavy atom. The molecule has 32 heavy (non-hydrogen) atoms. The van der Waals surface area contributed by atoms with Crippen molar-refractivity contribution in [3.8, 4) is 0 Å². The van der Waals surface area contributed by atoms with Crippen LogP contribution < -0.4 is 4.90 Å². The number of carbonyl (C=O) groups excluding carboxylic acids is 1. The zero-order valence-corrected chi connectivity index (χ0v) is 19.8. The monoisotopic (exact) mass is 426 g/mol. The third-order valence-electron chi connectivity index (χ3n) is 6.52. The summed E-state index contributed by atoms with van der Waals surface area (Å²) < 4.78 is 0. The van der Waals surface area contributed by atoms with Gasteiger partial charge in [-0.25, -0.2) is 0 Å². The van der Waals surface area contributed by atoms with Crippen molar-refractivity contribution in [1.82, 2.24) is 4.90 Å². The maximum absolute atomic E-state index is 12.1. The van der Waals surface area contributed by atoms with Crippen molar-refractivity contribution < 1.29 is 4.79 Å². The molecule has 1 saturated heterocycles. The van der Waals surface area contributed by atoms with Gasteiger partial charge in [0.1, 0.15) is 0 Å². The Bertz CT molecular complexity index is 1050. The van der Waals surface area contributed by atoms with Gasteiger partial charge >= 0.3 is 0 Å². The molecule has 1 amide bonds. The number of anilines is 1. The average molecular weight is 427 g/mol. The lowest BCUT2D eigenvalue weighted by Gasteiger charge is -2.25. The van der Waals surface area contributed by atoms with Crippen LogP contribution in [0, 0.1) is 27.7 Å². The highest BCUT2D eigenvalue weighted by molar-refractivity contribution is 5.95. The summed E-state index contributed by atoms with van der Waals surface area (Å²) in [6.45, 7) is 12.3. The number of nitrogens with zero attached hydrogens (tertiary/aromatic N) is 2. The van der Waals surface area contributed by atoms with Gasteiger partial charge in [-0.1, -0.05) is 59.7 Å². The van der Waals surface area contributed by atoms with Gasteiger partial charge in [-0.15, -0.1) is 0 Å². The van der Waals surface area contributed by atoms with Gasteiger partial charge in [0.2, 0.25) is 5.91 Å². The van der Waals surface area contributed by atoms with Gasteiger partial charge in [-0.2, -0.15) is 0 Å². The minimum Gasteiger partial charge on any atom is -0.312 e. The van der Waals surface area contributed by atoms with Crippen LogP contribution in [0.4, 0.5) is 5.69 Å². The van der Waals surface area contributed by atoms with Gasteiger partial charge in [0.25, 0.3) is 0 Å². The fourth-order valence-corrected chi connectivity index (χ4v) is 4.55. The Kier molecular flexibility index (Phi) is 6.76. The lowest BCUT2D eigenvalue weighted by molar-refractivity contribution is -0.117. The van der Waals surface area contributed by atoms with Crippen LogP contribution in [0.25, 0.3) is 0 Å². The Morgan fingerprint density at radius 3 is 1.81 bits per heavy atom. The molecule has 0 bridgehead atoms. The largest absolute Gasteiger partial charge is 0.312 e. The quantitative estimate of drug-likeness (QED) is 0.446. The third kappa shape index (κ3) is 5.28. The maximum Gasteiger partial charge on any atom is 0.227 e. The topological polar surface area (TPSA) is 23.6 Å². The second-order valence-corrected chi connectivity index (χ2v) is 9.32. The molecule has 0 radical (unpaired) electrons. The summed E-state index contributed by atoms with van der Waals surface area (Å²) >= 11 is 0. The molecule has 166 valence electrons. The molecule has 1 heterocycles. The summed E-state index contributed by atoms with van der Waals surface area (Å²) in [5.74, 6) is 0.240. The maximum atomic E-state index is 12.1. The van der Waals surface area contributed by atoms with E-state index in [-0.39, 0.29) is 5.91 Å². The smallest absolute Gasteiger partial charge is 0.227 e. The SMILES string of the molecule is Cc1ccc(C)c(CN(Cc2ccc(N3CCCC3=O)cc2)Cc2cc(C)ccc2C)c1. The Balaban J connectivity index is 1.57. The lowest BCUT2D eigenvalue weighted by Crippen LogP contribution is -2.24. The van der Waals surface area contributed by atoms with Gasteiger partial charge in [-0.3, -0.25) is 9.69 Å². The molecule has 1 aliphatic rings. The third-order valence-corrected chi connectivity index (χ3v) is 6.52. The van der Waals surface area contributed by atoms with E-state index in [0.29, 0.717) is 6.42 Å². The minimum atomic E-state index is 0.240. The van der Waals surface area contributed by atoms with Crippen molar-refractivity contribution in [1.29, 1.82) is 0 Å². The standard InChI is InChI=1S/C29H34N2O/c1-21-7-9-23(3)26(16-21)19-30(20-27-17-22(2)8-10-24(27)4)18-25-11-13-28(14-12-25)31-15-5-6-29(31)32/h7-14,16-17H,5-6,15,18-20H2,1-4H3. The summed E-state index contributed by atoms with van der Waals surface area (Å²) in [5, 5.41) is 0. The van der Waals surface area contributed by atoms with E-state index in [0.717, 1.165) is 38.3 Å². The molecule has 3 heteroatoms. The molecule has 3 aromatic rings. The molecule has 0 aromatic heterocycles. The van der Waals surface area contributed by atoms with Crippen molar-refractivity contribution in [3.05, 3.63) is 99.6 Å². The van der Waals surface area contributed by atoms with Crippen molar-refractivity contribution in [2.24, 2.45) is 0 Å². The summed E-state index contributed by atoms with van der Waals surface area (Å²) in [6, 6.07) is 22.0. The second kappa shape index (κ2) is 9.70. The Labute approximate surface area is 192 Å². The van der Waals surface area contributed by atoms with Crippen LogP contribution in [0.1, 0.15) is 51.8 Å². The zero-order chi connectivity index (χ0) is 22.7. The molecule has 0 unspecified atom stereocenters. The van der Waals surface area contributed by atoms with Crippen LogP contribution in [-0.2, 0) is 24.4 Å². The molecular formula is C29H34N2O. The van der Waals surface area contributed by atoms with E-state index >= 15 is 0 Å². The molecule has 3 nitrogen and oxygen atoms in total. The molecule has 4 rings (SSSR count). The van der Waals surface area contributed by atoms with Gasteiger partial charge in [0, 0.05) is 38.3 Å². The number of aryl methyl sites for hydroxylation is 4. The van der Waals surface area contributed by atoms with Gasteiger partial charge in [-0.05, 0) is 74.1 Å². The van der Waals surface area contributed by atoms with E-state index in [9.17, 15) is 4.79 Å². The van der Waals surface area contributed by atoms with Crippen LogP contribution >= 0.6 is 0 Å². The molecular weight excluding hydrogens is 392 g/mol. The molecule has 0 atom stereocenters. The number of benzene rings is 3. The fraction of sp³-hybridized carbons (Fsp3) is 0.345. The zero-order valence-electron chi connectivity index (χ0n) is 19.8. The van der Waals surface area contributed by atoms with E-state index in [1.165, 1.54) is 38.9 Å². The predicted octanol–water partition coefficient (Wildman–Crippen LogP) is 6.25. The van der Waals surface area contributed by atoms with Crippen molar-refractivity contribution in [2.75, 3.05) is 11.4 Å². The number of hydrogen-bond acceptors (Lipinski definition) is 2. The van der Waals surface area contributed by atoms with Crippen molar-refractivity contribution in [2.45, 2.75) is 60.2 Å². The minimum absolute atomic E-state index is 0.240. The van der Waals surface area contributed by atoms with Crippen molar-refractivity contribution in [3.63, 3.8) is 0 Å². The first kappa shape index (κ1) is 22.3. The van der Waals surface area contributed by atoms with Crippen LogP contribution in [0.3, 0.4) is 0 Å². The van der Waals surface area contributed by atoms with E-state index in [4.69, 9.17) is 0 Å². The lowest BCUT2D eigenvalue weighted by atomic mass is 10.0. The molecule has 1 fully saturated rings. The van der Waals surface area contributed by atoms with Gasteiger partial charge < -0.3 is 4.90 Å². The van der Waals surface area contributed by atoms with Crippen LogP contribution in [-0.4, -0.2) is 17.4 Å². The van der Waals surface area contributed by atoms with Gasteiger partial charge in [0.05, 0.1) is 0 Å².